The van der Waals surface area contributed by atoms with E-state index in [4.69, 9.17) is 5.73 Å². The van der Waals surface area contributed by atoms with E-state index in [2.05, 4.69) is 5.32 Å². The number of hydrogen-bond acceptors (Lipinski definition) is 2. The largest absolute Gasteiger partial charge is 0.368 e. The zero-order valence-electron chi connectivity index (χ0n) is 10.5. The van der Waals surface area contributed by atoms with Gasteiger partial charge in [-0.25, -0.2) is 4.39 Å². The Bertz CT molecular complexity index is 404. The van der Waals surface area contributed by atoms with Gasteiger partial charge < -0.3 is 11.1 Å². The van der Waals surface area contributed by atoms with Crippen LogP contribution >= 0.6 is 0 Å². The van der Waals surface area contributed by atoms with Gasteiger partial charge in [0.1, 0.15) is 11.9 Å². The van der Waals surface area contributed by atoms with Gasteiger partial charge in [0.2, 0.25) is 5.91 Å². The number of aryl methyl sites for hydroxylation is 1. The summed E-state index contributed by atoms with van der Waals surface area (Å²) in [5.41, 5.74) is 6.57. The summed E-state index contributed by atoms with van der Waals surface area (Å²) in [5.74, 6) is -0.309. The van der Waals surface area contributed by atoms with Gasteiger partial charge in [0, 0.05) is 0 Å². The van der Waals surface area contributed by atoms with Crippen LogP contribution in [0, 0.1) is 18.7 Å². The molecule has 0 bridgehead atoms. The SMILES string of the molecule is Cc1cc(C(NCC(C)C)C(N)=O)ccc1F. The van der Waals surface area contributed by atoms with Crippen LogP contribution in [0.5, 0.6) is 0 Å². The molecule has 0 aliphatic heterocycles. The molecular weight excluding hydrogens is 219 g/mol. The number of halogens is 1. The molecule has 1 aromatic rings. The summed E-state index contributed by atoms with van der Waals surface area (Å²) in [4.78, 5) is 11.4. The van der Waals surface area contributed by atoms with Gasteiger partial charge in [0.25, 0.3) is 0 Å². The number of carbonyl (C=O) groups excluding carboxylic acids is 1. The van der Waals surface area contributed by atoms with E-state index in [0.717, 1.165) is 0 Å². The van der Waals surface area contributed by atoms with E-state index in [0.29, 0.717) is 23.6 Å². The van der Waals surface area contributed by atoms with E-state index >= 15 is 0 Å². The molecule has 94 valence electrons. The third kappa shape index (κ3) is 3.82. The number of carbonyl (C=O) groups is 1. The minimum Gasteiger partial charge on any atom is -0.368 e. The van der Waals surface area contributed by atoms with Crippen molar-refractivity contribution in [2.45, 2.75) is 26.8 Å². The molecule has 0 spiro atoms. The summed E-state index contributed by atoms with van der Waals surface area (Å²) in [6, 6.07) is 4.04. The number of rotatable bonds is 5. The Hall–Kier alpha value is -1.42. The van der Waals surface area contributed by atoms with E-state index < -0.39 is 11.9 Å². The van der Waals surface area contributed by atoms with Gasteiger partial charge in [-0.15, -0.1) is 0 Å². The molecule has 1 rings (SSSR count). The Morgan fingerprint density at radius 1 is 1.47 bits per heavy atom. The van der Waals surface area contributed by atoms with Gasteiger partial charge in [-0.2, -0.15) is 0 Å². The summed E-state index contributed by atoms with van der Waals surface area (Å²) in [6.07, 6.45) is 0. The second kappa shape index (κ2) is 5.77. The first-order valence-electron chi connectivity index (χ1n) is 5.70. The molecule has 3 nitrogen and oxygen atoms in total. The molecule has 0 fully saturated rings. The Balaban J connectivity index is 2.89. The molecule has 1 aromatic carbocycles. The topological polar surface area (TPSA) is 55.1 Å². The molecule has 0 saturated heterocycles. The number of benzene rings is 1. The van der Waals surface area contributed by atoms with Gasteiger partial charge in [0.05, 0.1) is 0 Å². The van der Waals surface area contributed by atoms with Crippen LogP contribution in [0.25, 0.3) is 0 Å². The lowest BCUT2D eigenvalue weighted by atomic mass is 10.0. The zero-order chi connectivity index (χ0) is 13.0. The van der Waals surface area contributed by atoms with Crippen molar-refractivity contribution in [1.82, 2.24) is 5.32 Å². The molecule has 0 aliphatic rings. The van der Waals surface area contributed by atoms with Crippen molar-refractivity contribution in [3.63, 3.8) is 0 Å². The molecule has 3 N–H and O–H groups in total. The van der Waals surface area contributed by atoms with Crippen molar-refractivity contribution in [2.24, 2.45) is 11.7 Å². The van der Waals surface area contributed by atoms with Gasteiger partial charge in [0.15, 0.2) is 0 Å². The van der Waals surface area contributed by atoms with E-state index in [9.17, 15) is 9.18 Å². The number of amides is 1. The summed E-state index contributed by atoms with van der Waals surface area (Å²) in [6.45, 7) is 6.44. The Labute approximate surface area is 101 Å². The van der Waals surface area contributed by atoms with Crippen LogP contribution in [0.3, 0.4) is 0 Å². The second-order valence-corrected chi connectivity index (χ2v) is 4.65. The first-order valence-corrected chi connectivity index (χ1v) is 5.70. The normalized spacial score (nSPS) is 12.8. The number of nitrogens with two attached hydrogens (primary N) is 1. The third-order valence-corrected chi connectivity index (χ3v) is 2.53. The zero-order valence-corrected chi connectivity index (χ0v) is 10.5. The Morgan fingerprint density at radius 3 is 2.59 bits per heavy atom. The maximum atomic E-state index is 13.1. The minimum absolute atomic E-state index is 0.277. The number of hydrogen-bond donors (Lipinski definition) is 2. The molecule has 0 radical (unpaired) electrons. The van der Waals surface area contributed by atoms with Crippen LogP contribution in [0.1, 0.15) is 31.0 Å². The standard InChI is InChI=1S/C13H19FN2O/c1-8(2)7-16-12(13(15)17)10-4-5-11(14)9(3)6-10/h4-6,8,12,16H,7H2,1-3H3,(H2,15,17). The third-order valence-electron chi connectivity index (χ3n) is 2.53. The molecule has 17 heavy (non-hydrogen) atoms. The molecule has 4 heteroatoms. The van der Waals surface area contributed by atoms with Gasteiger partial charge in [-0.3, -0.25) is 4.79 Å². The van der Waals surface area contributed by atoms with Crippen molar-refractivity contribution in [3.05, 3.63) is 35.1 Å². The van der Waals surface area contributed by atoms with Crippen molar-refractivity contribution in [1.29, 1.82) is 0 Å². The smallest absolute Gasteiger partial charge is 0.239 e. The number of primary amides is 1. The maximum absolute atomic E-state index is 13.1. The average molecular weight is 238 g/mol. The first kappa shape index (κ1) is 13.6. The van der Waals surface area contributed by atoms with Crippen LogP contribution in [-0.4, -0.2) is 12.5 Å². The fraction of sp³-hybridized carbons (Fsp3) is 0.462. The van der Waals surface area contributed by atoms with Crippen molar-refractivity contribution in [2.75, 3.05) is 6.54 Å². The molecule has 0 aromatic heterocycles. The highest BCUT2D eigenvalue weighted by Gasteiger charge is 2.18. The fourth-order valence-electron chi connectivity index (χ4n) is 1.58. The quantitative estimate of drug-likeness (QED) is 0.823. The van der Waals surface area contributed by atoms with E-state index in [-0.39, 0.29) is 5.82 Å². The van der Waals surface area contributed by atoms with Crippen molar-refractivity contribution < 1.29 is 9.18 Å². The van der Waals surface area contributed by atoms with Crippen molar-refractivity contribution in [3.8, 4) is 0 Å². The first-order chi connectivity index (χ1) is 7.91. The minimum atomic E-state index is -0.559. The lowest BCUT2D eigenvalue weighted by Crippen LogP contribution is -2.35. The maximum Gasteiger partial charge on any atom is 0.239 e. The molecule has 0 aliphatic carbocycles. The average Bonchev–Trinajstić information content (AvgIpc) is 2.22. The highest BCUT2D eigenvalue weighted by molar-refractivity contribution is 5.81. The van der Waals surface area contributed by atoms with E-state index in [1.54, 1.807) is 19.1 Å². The molecule has 1 unspecified atom stereocenters. The monoisotopic (exact) mass is 238 g/mol. The summed E-state index contributed by atoms with van der Waals surface area (Å²) in [7, 11) is 0. The Kier molecular flexibility index (Phi) is 4.63. The summed E-state index contributed by atoms with van der Waals surface area (Å²) >= 11 is 0. The van der Waals surface area contributed by atoms with Crippen LogP contribution < -0.4 is 11.1 Å². The second-order valence-electron chi connectivity index (χ2n) is 4.65. The molecule has 1 amide bonds. The number of nitrogens with one attached hydrogen (secondary N) is 1. The molecular formula is C13H19FN2O. The fourth-order valence-corrected chi connectivity index (χ4v) is 1.58. The summed E-state index contributed by atoms with van der Waals surface area (Å²) < 4.78 is 13.1. The van der Waals surface area contributed by atoms with Gasteiger partial charge in [-0.1, -0.05) is 26.0 Å². The molecule has 0 heterocycles. The highest BCUT2D eigenvalue weighted by Crippen LogP contribution is 2.16. The predicted molar refractivity (Wildman–Crippen MR) is 65.9 cm³/mol. The lowest BCUT2D eigenvalue weighted by molar-refractivity contribution is -0.120. The van der Waals surface area contributed by atoms with Crippen molar-refractivity contribution >= 4 is 5.91 Å². The van der Waals surface area contributed by atoms with Crippen LogP contribution in [0.2, 0.25) is 0 Å². The van der Waals surface area contributed by atoms with Gasteiger partial charge >= 0.3 is 0 Å². The van der Waals surface area contributed by atoms with Crippen LogP contribution in [0.15, 0.2) is 18.2 Å². The van der Waals surface area contributed by atoms with E-state index in [1.807, 2.05) is 13.8 Å². The summed E-state index contributed by atoms with van der Waals surface area (Å²) in [5, 5.41) is 3.08. The highest BCUT2D eigenvalue weighted by atomic mass is 19.1. The predicted octanol–water partition coefficient (Wildman–Crippen LogP) is 1.91. The van der Waals surface area contributed by atoms with Crippen LogP contribution in [0.4, 0.5) is 4.39 Å². The van der Waals surface area contributed by atoms with Crippen LogP contribution in [-0.2, 0) is 4.79 Å². The molecule has 0 saturated carbocycles. The van der Waals surface area contributed by atoms with E-state index in [1.165, 1.54) is 6.07 Å². The van der Waals surface area contributed by atoms with Gasteiger partial charge in [-0.05, 0) is 36.6 Å². The molecule has 1 atom stereocenters. The lowest BCUT2D eigenvalue weighted by Gasteiger charge is -2.17. The Morgan fingerprint density at radius 2 is 2.12 bits per heavy atom.